The zero-order chi connectivity index (χ0) is 26.6. The van der Waals surface area contributed by atoms with Gasteiger partial charge in [0.1, 0.15) is 5.82 Å². The number of piperazine rings is 1. The van der Waals surface area contributed by atoms with Crippen molar-refractivity contribution in [1.29, 1.82) is 0 Å². The van der Waals surface area contributed by atoms with Crippen LogP contribution in [0.25, 0.3) is 0 Å². The number of urea groups is 1. The number of aryl methyl sites for hydroxylation is 1. The predicted octanol–water partition coefficient (Wildman–Crippen LogP) is 2.64. The second kappa shape index (κ2) is 9.44. The fraction of sp³-hybridized carbons (Fsp3) is 0.519. The van der Waals surface area contributed by atoms with Gasteiger partial charge in [-0.1, -0.05) is 6.07 Å². The van der Waals surface area contributed by atoms with Gasteiger partial charge in [0.25, 0.3) is 5.91 Å². The first-order valence-electron chi connectivity index (χ1n) is 13.4. The minimum Gasteiger partial charge on any atom is -0.353 e. The lowest BCUT2D eigenvalue weighted by molar-refractivity contribution is 0.0747. The van der Waals surface area contributed by atoms with E-state index in [9.17, 15) is 18.0 Å². The standard InChI is InChI=1S/C27H34N6O4S/c1-19-16-21(20-4-5-20)18-28-25(19)30-10-12-31(13-11-30)26(34)23-7-6-22(32-14-9-29(2)27(32)35)17-24(23)33-8-3-15-38(33,36)37/h6-7,16-18,20H,3-5,8-15H2,1-2H3. The molecule has 0 radical (unpaired) electrons. The molecule has 0 unspecified atom stereocenters. The molecule has 1 aromatic heterocycles. The van der Waals surface area contributed by atoms with Crippen molar-refractivity contribution in [3.63, 3.8) is 0 Å². The summed E-state index contributed by atoms with van der Waals surface area (Å²) in [7, 11) is -1.77. The Hall–Kier alpha value is -3.34. The van der Waals surface area contributed by atoms with Crippen LogP contribution < -0.4 is 14.1 Å². The number of likely N-dealkylation sites (N-methyl/N-ethyl adjacent to an activating group) is 1. The molecular weight excluding hydrogens is 504 g/mol. The Morgan fingerprint density at radius 2 is 1.76 bits per heavy atom. The van der Waals surface area contributed by atoms with Crippen LogP contribution in [-0.4, -0.2) is 93.8 Å². The summed E-state index contributed by atoms with van der Waals surface area (Å²) in [5.74, 6) is 1.50. The van der Waals surface area contributed by atoms with Crippen LogP contribution in [0.15, 0.2) is 30.5 Å². The lowest BCUT2D eigenvalue weighted by Gasteiger charge is -2.36. The fourth-order valence-electron chi connectivity index (χ4n) is 5.72. The largest absolute Gasteiger partial charge is 0.353 e. The number of hydrogen-bond donors (Lipinski definition) is 0. The third kappa shape index (κ3) is 4.46. The average Bonchev–Trinajstić information content (AvgIpc) is 3.63. The molecule has 10 nitrogen and oxygen atoms in total. The molecule has 4 heterocycles. The maximum absolute atomic E-state index is 13.8. The Balaban J connectivity index is 1.23. The van der Waals surface area contributed by atoms with Crippen LogP contribution in [0.3, 0.4) is 0 Å². The van der Waals surface area contributed by atoms with E-state index in [2.05, 4.69) is 17.9 Å². The van der Waals surface area contributed by atoms with E-state index >= 15 is 0 Å². The van der Waals surface area contributed by atoms with Gasteiger partial charge in [0.2, 0.25) is 10.0 Å². The number of hydrogen-bond acceptors (Lipinski definition) is 6. The molecule has 6 rings (SSSR count). The van der Waals surface area contributed by atoms with Crippen LogP contribution >= 0.6 is 0 Å². The Morgan fingerprint density at radius 1 is 1.00 bits per heavy atom. The Morgan fingerprint density at radius 3 is 2.37 bits per heavy atom. The Bertz CT molecular complexity index is 1380. The first kappa shape index (κ1) is 25.0. The van der Waals surface area contributed by atoms with Gasteiger partial charge in [0.15, 0.2) is 0 Å². The van der Waals surface area contributed by atoms with Crippen LogP contribution in [0, 0.1) is 6.92 Å². The topological polar surface area (TPSA) is 97.4 Å². The summed E-state index contributed by atoms with van der Waals surface area (Å²) < 4.78 is 27.1. The normalized spacial score (nSPS) is 21.5. The summed E-state index contributed by atoms with van der Waals surface area (Å²) in [5, 5.41) is 0. The van der Waals surface area contributed by atoms with E-state index in [0.29, 0.717) is 75.1 Å². The molecule has 202 valence electrons. The molecule has 1 aromatic carbocycles. The van der Waals surface area contributed by atoms with Crippen molar-refractivity contribution in [2.24, 2.45) is 0 Å². The smallest absolute Gasteiger partial charge is 0.324 e. The number of pyridine rings is 1. The van der Waals surface area contributed by atoms with Gasteiger partial charge in [-0.05, 0) is 61.4 Å². The van der Waals surface area contributed by atoms with E-state index in [0.717, 1.165) is 11.4 Å². The number of sulfonamides is 1. The van der Waals surface area contributed by atoms with Crippen molar-refractivity contribution in [3.05, 3.63) is 47.2 Å². The van der Waals surface area contributed by atoms with Gasteiger partial charge in [0, 0.05) is 64.7 Å². The molecule has 3 amide bonds. The number of carbonyl (C=O) groups excluding carboxylic acids is 2. The van der Waals surface area contributed by atoms with Crippen LogP contribution in [0.2, 0.25) is 0 Å². The van der Waals surface area contributed by atoms with Gasteiger partial charge in [0.05, 0.1) is 17.0 Å². The minimum absolute atomic E-state index is 0.0564. The monoisotopic (exact) mass is 538 g/mol. The van der Waals surface area contributed by atoms with Gasteiger partial charge in [-0.3, -0.25) is 14.0 Å². The highest BCUT2D eigenvalue weighted by Crippen LogP contribution is 2.40. The average molecular weight is 539 g/mol. The lowest BCUT2D eigenvalue weighted by Crippen LogP contribution is -2.49. The van der Waals surface area contributed by atoms with E-state index in [-0.39, 0.29) is 17.7 Å². The summed E-state index contributed by atoms with van der Waals surface area (Å²) in [5.41, 5.74) is 3.80. The van der Waals surface area contributed by atoms with Crippen molar-refractivity contribution in [2.75, 3.05) is 72.7 Å². The number of nitrogens with zero attached hydrogens (tertiary/aromatic N) is 6. The lowest BCUT2D eigenvalue weighted by atomic mass is 10.1. The summed E-state index contributed by atoms with van der Waals surface area (Å²) in [6.45, 7) is 5.90. The SMILES string of the molecule is Cc1cc(C2CC2)cnc1N1CCN(C(=O)c2ccc(N3CCN(C)C3=O)cc2N2CCCS2(=O)=O)CC1. The second-order valence-corrected chi connectivity index (χ2v) is 12.8. The van der Waals surface area contributed by atoms with Crippen molar-refractivity contribution in [2.45, 2.75) is 32.1 Å². The highest BCUT2D eigenvalue weighted by atomic mass is 32.2. The van der Waals surface area contributed by atoms with Crippen LogP contribution in [-0.2, 0) is 10.0 Å². The molecular formula is C27H34N6O4S. The van der Waals surface area contributed by atoms with Gasteiger partial charge in [-0.2, -0.15) is 0 Å². The third-order valence-corrected chi connectivity index (χ3v) is 9.95. The highest BCUT2D eigenvalue weighted by Gasteiger charge is 2.35. The summed E-state index contributed by atoms with van der Waals surface area (Å²) >= 11 is 0. The second-order valence-electron chi connectivity index (χ2n) is 10.8. The van der Waals surface area contributed by atoms with Crippen LogP contribution in [0.1, 0.15) is 46.7 Å². The zero-order valence-electron chi connectivity index (χ0n) is 22.0. The molecule has 0 spiro atoms. The number of carbonyl (C=O) groups is 2. The van der Waals surface area contributed by atoms with E-state index in [4.69, 9.17) is 4.98 Å². The molecule has 1 aliphatic carbocycles. The maximum Gasteiger partial charge on any atom is 0.324 e. The fourth-order valence-corrected chi connectivity index (χ4v) is 7.30. The van der Waals surface area contributed by atoms with Crippen molar-refractivity contribution in [1.82, 2.24) is 14.8 Å². The Labute approximate surface area is 223 Å². The molecule has 38 heavy (non-hydrogen) atoms. The van der Waals surface area contributed by atoms with E-state index in [1.165, 1.54) is 22.7 Å². The minimum atomic E-state index is -3.51. The van der Waals surface area contributed by atoms with Gasteiger partial charge in [-0.25, -0.2) is 18.2 Å². The number of anilines is 3. The third-order valence-electron chi connectivity index (χ3n) is 8.09. The molecule has 3 aliphatic heterocycles. The van der Waals surface area contributed by atoms with Gasteiger partial charge < -0.3 is 14.7 Å². The quantitative estimate of drug-likeness (QED) is 0.581. The number of aromatic nitrogens is 1. The molecule has 11 heteroatoms. The molecule has 2 aromatic rings. The number of rotatable bonds is 5. The van der Waals surface area contributed by atoms with Gasteiger partial charge in [-0.15, -0.1) is 0 Å². The van der Waals surface area contributed by atoms with Crippen molar-refractivity contribution in [3.8, 4) is 0 Å². The summed E-state index contributed by atoms with van der Waals surface area (Å²) in [4.78, 5) is 38.4. The Kier molecular flexibility index (Phi) is 6.20. The zero-order valence-corrected chi connectivity index (χ0v) is 22.8. The van der Waals surface area contributed by atoms with E-state index in [1.54, 1.807) is 39.9 Å². The molecule has 0 atom stereocenters. The highest BCUT2D eigenvalue weighted by molar-refractivity contribution is 7.93. The number of amides is 3. The van der Waals surface area contributed by atoms with E-state index < -0.39 is 10.0 Å². The summed E-state index contributed by atoms with van der Waals surface area (Å²) in [6, 6.07) is 7.23. The molecule has 4 fully saturated rings. The first-order chi connectivity index (χ1) is 18.2. The molecule has 0 N–H and O–H groups in total. The molecule has 1 saturated carbocycles. The van der Waals surface area contributed by atoms with Crippen molar-refractivity contribution < 1.29 is 18.0 Å². The molecule has 4 aliphatic rings. The van der Waals surface area contributed by atoms with Crippen LogP contribution in [0.4, 0.5) is 22.0 Å². The molecule has 0 bridgehead atoms. The van der Waals surface area contributed by atoms with Gasteiger partial charge >= 0.3 is 6.03 Å². The predicted molar refractivity (Wildman–Crippen MR) is 147 cm³/mol. The van der Waals surface area contributed by atoms with Crippen LogP contribution in [0.5, 0.6) is 0 Å². The van der Waals surface area contributed by atoms with E-state index in [1.807, 2.05) is 6.20 Å². The molecule has 3 saturated heterocycles. The summed E-state index contributed by atoms with van der Waals surface area (Å²) in [6.07, 6.45) is 4.99. The maximum atomic E-state index is 13.8. The number of benzene rings is 1. The first-order valence-corrected chi connectivity index (χ1v) is 15.0. The van der Waals surface area contributed by atoms with Crippen molar-refractivity contribution >= 4 is 39.2 Å².